The second-order valence-corrected chi connectivity index (χ2v) is 3.48. The molecule has 1 aliphatic rings. The lowest BCUT2D eigenvalue weighted by Gasteiger charge is -2.08. The number of benzene rings is 1. The van der Waals surface area contributed by atoms with Crippen LogP contribution in [0.4, 0.5) is 5.69 Å². The molecule has 0 bridgehead atoms. The van der Waals surface area contributed by atoms with E-state index in [2.05, 4.69) is 16.7 Å². The molecule has 4 N–H and O–H groups in total. The maximum atomic E-state index is 5.42. The van der Waals surface area contributed by atoms with E-state index >= 15 is 0 Å². The van der Waals surface area contributed by atoms with Crippen LogP contribution in [0.5, 0.6) is 0 Å². The molecule has 68 valence electrons. The summed E-state index contributed by atoms with van der Waals surface area (Å²) in [6.07, 6.45) is 0. The molecule has 0 fully saturated rings. The molecular weight excluding hydrogens is 182 g/mol. The molecule has 0 unspecified atom stereocenters. The molecule has 0 atom stereocenters. The summed E-state index contributed by atoms with van der Waals surface area (Å²) in [6, 6.07) is 6.11. The SMILES string of the molecule is NC(=S)Nc1cccc2c1CNC2. The average Bonchev–Trinajstić information content (AvgIpc) is 2.51. The Bertz CT molecular complexity index is 349. The van der Waals surface area contributed by atoms with Crippen molar-refractivity contribution in [2.45, 2.75) is 13.1 Å². The van der Waals surface area contributed by atoms with Crippen molar-refractivity contribution in [3.63, 3.8) is 0 Å². The minimum atomic E-state index is 0.320. The number of fused-ring (bicyclic) bond motifs is 1. The van der Waals surface area contributed by atoms with Crippen molar-refractivity contribution < 1.29 is 0 Å². The first-order valence-corrected chi connectivity index (χ1v) is 4.56. The summed E-state index contributed by atoms with van der Waals surface area (Å²) in [4.78, 5) is 0. The van der Waals surface area contributed by atoms with Crippen LogP contribution in [0.25, 0.3) is 0 Å². The highest BCUT2D eigenvalue weighted by Gasteiger charge is 2.13. The maximum Gasteiger partial charge on any atom is 0.168 e. The van der Waals surface area contributed by atoms with Gasteiger partial charge in [-0.3, -0.25) is 0 Å². The van der Waals surface area contributed by atoms with Crippen molar-refractivity contribution in [1.29, 1.82) is 0 Å². The molecule has 0 aromatic heterocycles. The maximum absolute atomic E-state index is 5.42. The Morgan fingerprint density at radius 2 is 2.31 bits per heavy atom. The van der Waals surface area contributed by atoms with Crippen LogP contribution < -0.4 is 16.4 Å². The van der Waals surface area contributed by atoms with Crippen LogP contribution in [0.3, 0.4) is 0 Å². The Labute approximate surface area is 82.3 Å². The van der Waals surface area contributed by atoms with Gasteiger partial charge in [0.1, 0.15) is 0 Å². The number of hydrogen-bond acceptors (Lipinski definition) is 2. The van der Waals surface area contributed by atoms with Crippen molar-refractivity contribution in [2.75, 3.05) is 5.32 Å². The number of rotatable bonds is 1. The van der Waals surface area contributed by atoms with E-state index in [-0.39, 0.29) is 0 Å². The zero-order chi connectivity index (χ0) is 9.26. The fourth-order valence-corrected chi connectivity index (χ4v) is 1.69. The smallest absolute Gasteiger partial charge is 0.168 e. The van der Waals surface area contributed by atoms with Gasteiger partial charge in [-0.15, -0.1) is 0 Å². The zero-order valence-electron chi connectivity index (χ0n) is 7.13. The molecule has 1 heterocycles. The van der Waals surface area contributed by atoms with Crippen molar-refractivity contribution >= 4 is 23.0 Å². The van der Waals surface area contributed by atoms with Crippen LogP contribution in [-0.2, 0) is 13.1 Å². The third kappa shape index (κ3) is 1.64. The highest BCUT2D eigenvalue weighted by atomic mass is 32.1. The number of thiocarbonyl (C=S) groups is 1. The summed E-state index contributed by atoms with van der Waals surface area (Å²) in [5.41, 5.74) is 9.04. The van der Waals surface area contributed by atoms with Gasteiger partial charge in [-0.05, 0) is 29.4 Å². The van der Waals surface area contributed by atoms with Crippen LogP contribution in [0.1, 0.15) is 11.1 Å². The third-order valence-electron chi connectivity index (χ3n) is 2.15. The van der Waals surface area contributed by atoms with E-state index in [1.165, 1.54) is 11.1 Å². The van der Waals surface area contributed by atoms with Crippen LogP contribution in [0.15, 0.2) is 18.2 Å². The summed E-state index contributed by atoms with van der Waals surface area (Å²) in [5.74, 6) is 0. The van der Waals surface area contributed by atoms with Gasteiger partial charge in [0, 0.05) is 18.8 Å². The van der Waals surface area contributed by atoms with Crippen LogP contribution in [0.2, 0.25) is 0 Å². The van der Waals surface area contributed by atoms with E-state index in [1.54, 1.807) is 0 Å². The number of nitrogens with one attached hydrogen (secondary N) is 2. The van der Waals surface area contributed by atoms with E-state index in [0.717, 1.165) is 18.8 Å². The lowest BCUT2D eigenvalue weighted by molar-refractivity contribution is 0.765. The van der Waals surface area contributed by atoms with Gasteiger partial charge in [0.2, 0.25) is 0 Å². The second kappa shape index (κ2) is 3.32. The molecule has 0 radical (unpaired) electrons. The van der Waals surface area contributed by atoms with Crippen LogP contribution in [-0.4, -0.2) is 5.11 Å². The Balaban J connectivity index is 2.36. The summed E-state index contributed by atoms with van der Waals surface area (Å²) in [5, 5.41) is 6.57. The van der Waals surface area contributed by atoms with Gasteiger partial charge in [-0.25, -0.2) is 0 Å². The average molecular weight is 193 g/mol. The van der Waals surface area contributed by atoms with Crippen molar-refractivity contribution in [3.05, 3.63) is 29.3 Å². The lowest BCUT2D eigenvalue weighted by Crippen LogP contribution is -2.19. The number of anilines is 1. The molecular formula is C9H11N3S. The van der Waals surface area contributed by atoms with Crippen LogP contribution >= 0.6 is 12.2 Å². The van der Waals surface area contributed by atoms with Gasteiger partial charge in [-0.1, -0.05) is 12.1 Å². The molecule has 0 saturated heterocycles. The first kappa shape index (κ1) is 8.47. The largest absolute Gasteiger partial charge is 0.376 e. The van der Waals surface area contributed by atoms with Crippen molar-refractivity contribution in [3.8, 4) is 0 Å². The Hall–Kier alpha value is -1.13. The molecule has 0 spiro atoms. The Morgan fingerprint density at radius 1 is 1.46 bits per heavy atom. The quantitative estimate of drug-likeness (QED) is 0.581. The van der Waals surface area contributed by atoms with Crippen molar-refractivity contribution in [1.82, 2.24) is 5.32 Å². The number of hydrogen-bond donors (Lipinski definition) is 3. The monoisotopic (exact) mass is 193 g/mol. The minimum Gasteiger partial charge on any atom is -0.376 e. The predicted molar refractivity (Wildman–Crippen MR) is 57.4 cm³/mol. The molecule has 0 aliphatic carbocycles. The molecule has 1 aromatic carbocycles. The van der Waals surface area contributed by atoms with E-state index in [9.17, 15) is 0 Å². The highest BCUT2D eigenvalue weighted by molar-refractivity contribution is 7.80. The second-order valence-electron chi connectivity index (χ2n) is 3.04. The first-order valence-electron chi connectivity index (χ1n) is 4.15. The Kier molecular flexibility index (Phi) is 2.16. The molecule has 3 nitrogen and oxygen atoms in total. The highest BCUT2D eigenvalue weighted by Crippen LogP contribution is 2.23. The zero-order valence-corrected chi connectivity index (χ0v) is 7.95. The van der Waals surface area contributed by atoms with E-state index in [1.807, 2.05) is 12.1 Å². The predicted octanol–water partition coefficient (Wildman–Crippen LogP) is 0.945. The van der Waals surface area contributed by atoms with Gasteiger partial charge in [0.25, 0.3) is 0 Å². The van der Waals surface area contributed by atoms with Gasteiger partial charge < -0.3 is 16.4 Å². The molecule has 1 aromatic rings. The summed E-state index contributed by atoms with van der Waals surface area (Å²) < 4.78 is 0. The van der Waals surface area contributed by atoms with Crippen molar-refractivity contribution in [2.24, 2.45) is 5.73 Å². The third-order valence-corrected chi connectivity index (χ3v) is 2.25. The van der Waals surface area contributed by atoms with Gasteiger partial charge in [0.15, 0.2) is 5.11 Å². The summed E-state index contributed by atoms with van der Waals surface area (Å²) >= 11 is 4.80. The lowest BCUT2D eigenvalue weighted by atomic mass is 10.1. The van der Waals surface area contributed by atoms with Gasteiger partial charge >= 0.3 is 0 Å². The van der Waals surface area contributed by atoms with Gasteiger partial charge in [0.05, 0.1) is 0 Å². The molecule has 13 heavy (non-hydrogen) atoms. The first-order chi connectivity index (χ1) is 6.27. The van der Waals surface area contributed by atoms with E-state index in [0.29, 0.717) is 5.11 Å². The number of nitrogens with two attached hydrogens (primary N) is 1. The molecule has 0 amide bonds. The Morgan fingerprint density at radius 3 is 3.08 bits per heavy atom. The molecule has 0 saturated carbocycles. The summed E-state index contributed by atoms with van der Waals surface area (Å²) in [6.45, 7) is 1.82. The summed E-state index contributed by atoms with van der Waals surface area (Å²) in [7, 11) is 0. The molecule has 4 heteroatoms. The standard InChI is InChI=1S/C9H11N3S/c10-9(13)12-8-3-1-2-6-4-11-5-7(6)8/h1-3,11H,4-5H2,(H3,10,12,13). The van der Waals surface area contributed by atoms with Crippen LogP contribution in [0, 0.1) is 0 Å². The normalized spacial score (nSPS) is 13.8. The van der Waals surface area contributed by atoms with Gasteiger partial charge in [-0.2, -0.15) is 0 Å². The minimum absolute atomic E-state index is 0.320. The van der Waals surface area contributed by atoms with E-state index < -0.39 is 0 Å². The van der Waals surface area contributed by atoms with E-state index in [4.69, 9.17) is 18.0 Å². The fourth-order valence-electron chi connectivity index (χ4n) is 1.58. The fraction of sp³-hybridized carbons (Fsp3) is 0.222. The molecule has 1 aliphatic heterocycles. The topological polar surface area (TPSA) is 50.1 Å². The molecule has 2 rings (SSSR count).